The van der Waals surface area contributed by atoms with E-state index in [1.165, 1.54) is 19.1 Å². The molecule has 1 fully saturated rings. The molecule has 0 spiro atoms. The van der Waals surface area contributed by atoms with Gasteiger partial charge in [-0.25, -0.2) is 9.69 Å². The van der Waals surface area contributed by atoms with Crippen LogP contribution in [0.25, 0.3) is 0 Å². The van der Waals surface area contributed by atoms with Gasteiger partial charge in [-0.15, -0.1) is 5.01 Å². The monoisotopic (exact) mass is 348 g/mol. The zero-order valence-corrected chi connectivity index (χ0v) is 13.4. The SMILES string of the molecule is CC(O/N=[N+](\[O-])N1CCC[C@H]1C(=O)O)N1C(=O)c2ccccc2C1=O. The van der Waals surface area contributed by atoms with Crippen LogP contribution in [0.1, 0.15) is 40.5 Å². The number of hydrazine groups is 1. The lowest BCUT2D eigenvalue weighted by Crippen LogP contribution is -2.42. The number of carbonyl (C=O) groups is 3. The number of fused-ring (bicyclic) bond motifs is 1. The summed E-state index contributed by atoms with van der Waals surface area (Å²) in [6.45, 7) is 1.63. The Morgan fingerprint density at radius 3 is 2.52 bits per heavy atom. The highest BCUT2D eigenvalue weighted by Gasteiger charge is 2.40. The Bertz CT molecular complexity index is 729. The summed E-state index contributed by atoms with van der Waals surface area (Å²) in [5.41, 5.74) is 0.514. The van der Waals surface area contributed by atoms with E-state index in [0.717, 1.165) is 9.91 Å². The molecule has 2 aliphatic heterocycles. The van der Waals surface area contributed by atoms with E-state index in [0.29, 0.717) is 12.8 Å². The van der Waals surface area contributed by atoms with Crippen LogP contribution >= 0.6 is 0 Å². The molecule has 0 saturated carbocycles. The van der Waals surface area contributed by atoms with Gasteiger partial charge in [0.2, 0.25) is 11.5 Å². The third-order valence-electron chi connectivity index (χ3n) is 4.19. The molecule has 1 saturated heterocycles. The van der Waals surface area contributed by atoms with Gasteiger partial charge in [0.25, 0.3) is 11.8 Å². The van der Waals surface area contributed by atoms with Crippen LogP contribution < -0.4 is 0 Å². The largest absolute Gasteiger partial charge is 0.569 e. The highest BCUT2D eigenvalue weighted by molar-refractivity contribution is 6.21. The van der Waals surface area contributed by atoms with E-state index in [4.69, 9.17) is 9.94 Å². The number of carboxylic acid groups (broad SMARTS) is 1. The first-order valence-corrected chi connectivity index (χ1v) is 7.72. The molecule has 0 aromatic heterocycles. The summed E-state index contributed by atoms with van der Waals surface area (Å²) in [7, 11) is 0. The second-order valence-corrected chi connectivity index (χ2v) is 5.72. The lowest BCUT2D eigenvalue weighted by Gasteiger charge is -2.20. The molecule has 1 aromatic carbocycles. The quantitative estimate of drug-likeness (QED) is 0.364. The topological polar surface area (TPSA) is 126 Å². The molecule has 2 heterocycles. The third-order valence-corrected chi connectivity index (χ3v) is 4.19. The number of nitrogens with zero attached hydrogens (tertiary/aromatic N) is 4. The minimum absolute atomic E-state index is 0.0560. The first-order valence-electron chi connectivity index (χ1n) is 7.72. The standard InChI is InChI=1S/C15H16N4O6/c1-9(18-13(20)10-5-2-3-6-11(10)14(18)21)25-16-19(24)17-8-4-7-12(17)15(22)23/h2-3,5-6,9,12H,4,7-8H2,1H3,(H,22,23)/b19-16-/t9?,12-/m0/s1. The second kappa shape index (κ2) is 6.38. The average molecular weight is 348 g/mol. The predicted octanol–water partition coefficient (Wildman–Crippen LogP) is 0.987. The van der Waals surface area contributed by atoms with Gasteiger partial charge < -0.3 is 15.2 Å². The summed E-state index contributed by atoms with van der Waals surface area (Å²) < 4.78 is 0. The van der Waals surface area contributed by atoms with Crippen molar-refractivity contribution >= 4 is 17.8 Å². The van der Waals surface area contributed by atoms with Gasteiger partial charge in [0, 0.05) is 0 Å². The molecule has 2 aliphatic rings. The Morgan fingerprint density at radius 2 is 1.96 bits per heavy atom. The summed E-state index contributed by atoms with van der Waals surface area (Å²) >= 11 is 0. The van der Waals surface area contributed by atoms with Gasteiger partial charge in [0.05, 0.1) is 22.6 Å². The van der Waals surface area contributed by atoms with Crippen molar-refractivity contribution in [3.8, 4) is 0 Å². The fourth-order valence-electron chi connectivity index (χ4n) is 2.95. The maximum absolute atomic E-state index is 12.3. The van der Waals surface area contributed by atoms with E-state index < -0.39 is 30.1 Å². The smallest absolute Gasteiger partial charge is 0.332 e. The van der Waals surface area contributed by atoms with Crippen molar-refractivity contribution in [2.45, 2.75) is 32.0 Å². The Hall–Kier alpha value is -3.17. The lowest BCUT2D eigenvalue weighted by molar-refractivity contribution is -0.713. The number of carbonyl (C=O) groups excluding carboxylic acids is 2. The number of hydrogen-bond acceptors (Lipinski definition) is 6. The van der Waals surface area contributed by atoms with Crippen molar-refractivity contribution in [3.05, 3.63) is 40.6 Å². The van der Waals surface area contributed by atoms with E-state index in [-0.39, 0.29) is 22.6 Å². The summed E-state index contributed by atoms with van der Waals surface area (Å²) in [6, 6.07) is 5.37. The second-order valence-electron chi connectivity index (χ2n) is 5.72. The lowest BCUT2D eigenvalue weighted by atomic mass is 10.1. The highest BCUT2D eigenvalue weighted by Crippen LogP contribution is 2.25. The molecular formula is C15H16N4O6. The zero-order valence-electron chi connectivity index (χ0n) is 13.4. The van der Waals surface area contributed by atoms with E-state index in [1.54, 1.807) is 12.1 Å². The average Bonchev–Trinajstić information content (AvgIpc) is 3.17. The summed E-state index contributed by atoms with van der Waals surface area (Å²) in [5, 5.41) is 25.3. The molecule has 10 heteroatoms. The van der Waals surface area contributed by atoms with Crippen LogP contribution in [0.5, 0.6) is 0 Å². The molecule has 0 aliphatic carbocycles. The van der Waals surface area contributed by atoms with Gasteiger partial charge in [-0.3, -0.25) is 9.59 Å². The van der Waals surface area contributed by atoms with Crippen molar-refractivity contribution in [1.82, 2.24) is 9.91 Å². The van der Waals surface area contributed by atoms with Crippen LogP contribution in [0.15, 0.2) is 29.5 Å². The molecule has 10 nitrogen and oxygen atoms in total. The van der Waals surface area contributed by atoms with Gasteiger partial charge in [-0.2, -0.15) is 0 Å². The summed E-state index contributed by atoms with van der Waals surface area (Å²) in [6.07, 6.45) is -0.244. The van der Waals surface area contributed by atoms with Gasteiger partial charge >= 0.3 is 5.97 Å². The van der Waals surface area contributed by atoms with Crippen molar-refractivity contribution in [3.63, 3.8) is 0 Å². The summed E-state index contributed by atoms with van der Waals surface area (Å²) in [4.78, 5) is 41.6. The van der Waals surface area contributed by atoms with Crippen LogP contribution in [-0.2, 0) is 9.63 Å². The number of imide groups is 1. The van der Waals surface area contributed by atoms with Gasteiger partial charge in [0.1, 0.15) is 0 Å². The Morgan fingerprint density at radius 1 is 1.36 bits per heavy atom. The minimum atomic E-state index is -1.12. The maximum Gasteiger partial charge on any atom is 0.332 e. The normalized spacial score (nSPS) is 21.5. The van der Waals surface area contributed by atoms with Crippen LogP contribution in [0, 0.1) is 5.21 Å². The van der Waals surface area contributed by atoms with Gasteiger partial charge in [0.15, 0.2) is 6.04 Å². The van der Waals surface area contributed by atoms with Gasteiger partial charge in [-0.05, 0) is 31.9 Å². The highest BCUT2D eigenvalue weighted by atomic mass is 16.7. The summed E-state index contributed by atoms with van der Waals surface area (Å²) in [5.74, 6) is -2.20. The minimum Gasteiger partial charge on any atom is -0.569 e. The zero-order chi connectivity index (χ0) is 18.1. The van der Waals surface area contributed by atoms with Crippen LogP contribution in [-0.4, -0.2) is 56.6 Å². The van der Waals surface area contributed by atoms with Crippen molar-refractivity contribution in [1.29, 1.82) is 0 Å². The number of hydrogen-bond donors (Lipinski definition) is 1. The molecule has 1 unspecified atom stereocenters. The van der Waals surface area contributed by atoms with E-state index in [9.17, 15) is 19.6 Å². The fourth-order valence-corrected chi connectivity index (χ4v) is 2.95. The molecule has 132 valence electrons. The molecule has 0 bridgehead atoms. The number of benzene rings is 1. The Kier molecular flexibility index (Phi) is 4.26. The van der Waals surface area contributed by atoms with E-state index in [1.807, 2.05) is 0 Å². The molecule has 1 aromatic rings. The first kappa shape index (κ1) is 16.7. The number of rotatable bonds is 5. The molecule has 25 heavy (non-hydrogen) atoms. The Balaban J connectivity index is 1.71. The number of amides is 2. The van der Waals surface area contributed by atoms with E-state index in [2.05, 4.69) is 5.28 Å². The molecule has 3 rings (SSSR count). The van der Waals surface area contributed by atoms with Crippen molar-refractivity contribution in [2.75, 3.05) is 6.54 Å². The molecular weight excluding hydrogens is 332 g/mol. The van der Waals surface area contributed by atoms with Gasteiger partial charge in [-0.1, -0.05) is 12.1 Å². The van der Waals surface area contributed by atoms with Crippen molar-refractivity contribution < 1.29 is 29.3 Å². The fraction of sp³-hybridized carbons (Fsp3) is 0.400. The molecule has 2 atom stereocenters. The molecule has 0 radical (unpaired) electrons. The van der Waals surface area contributed by atoms with Crippen LogP contribution in [0.2, 0.25) is 0 Å². The molecule has 1 N–H and O–H groups in total. The predicted molar refractivity (Wildman–Crippen MR) is 80.9 cm³/mol. The maximum atomic E-state index is 12.3. The van der Waals surface area contributed by atoms with Crippen molar-refractivity contribution in [2.24, 2.45) is 5.28 Å². The number of carboxylic acids is 1. The Labute approximate surface area is 142 Å². The van der Waals surface area contributed by atoms with Crippen LogP contribution in [0.3, 0.4) is 0 Å². The third kappa shape index (κ3) is 2.86. The number of aliphatic carboxylic acids is 1. The molecule has 2 amide bonds. The van der Waals surface area contributed by atoms with E-state index >= 15 is 0 Å². The van der Waals surface area contributed by atoms with Crippen LogP contribution in [0.4, 0.5) is 0 Å². The first-order chi connectivity index (χ1) is 11.9.